The minimum absolute atomic E-state index is 0.279. The fourth-order valence-electron chi connectivity index (χ4n) is 1.68. The van der Waals surface area contributed by atoms with Crippen LogP contribution in [-0.4, -0.2) is 18.4 Å². The number of fused-ring (bicyclic) bond motifs is 1. The highest BCUT2D eigenvalue weighted by Gasteiger charge is 2.17. The fourth-order valence-corrected chi connectivity index (χ4v) is 2.20. The van der Waals surface area contributed by atoms with Crippen molar-refractivity contribution >= 4 is 21.8 Å². The summed E-state index contributed by atoms with van der Waals surface area (Å²) in [6.45, 7) is 1.12. The normalized spacial score (nSPS) is 13.7. The maximum atomic E-state index is 5.51. The van der Waals surface area contributed by atoms with Crippen molar-refractivity contribution in [1.82, 2.24) is 5.16 Å². The van der Waals surface area contributed by atoms with Gasteiger partial charge in [0.15, 0.2) is 11.5 Å². The van der Waals surface area contributed by atoms with Gasteiger partial charge in [0.2, 0.25) is 5.88 Å². The zero-order valence-corrected chi connectivity index (χ0v) is 10.4. The summed E-state index contributed by atoms with van der Waals surface area (Å²) in [6.07, 6.45) is 0. The van der Waals surface area contributed by atoms with Gasteiger partial charge in [0.25, 0.3) is 0 Å². The van der Waals surface area contributed by atoms with E-state index in [4.69, 9.17) is 19.7 Å². The Kier molecular flexibility index (Phi) is 2.44. The molecule has 0 amide bonds. The second-order valence-corrected chi connectivity index (χ2v) is 4.44. The predicted molar refractivity (Wildman–Crippen MR) is 65.0 cm³/mol. The van der Waals surface area contributed by atoms with Crippen molar-refractivity contribution < 1.29 is 14.0 Å². The predicted octanol–water partition coefficient (Wildman–Crippen LogP) is 2.46. The van der Waals surface area contributed by atoms with E-state index in [1.807, 2.05) is 12.1 Å². The zero-order valence-electron chi connectivity index (χ0n) is 8.77. The van der Waals surface area contributed by atoms with E-state index in [9.17, 15) is 0 Å². The number of rotatable bonds is 1. The molecule has 0 atom stereocenters. The smallest absolute Gasteiger partial charge is 0.222 e. The van der Waals surface area contributed by atoms with Gasteiger partial charge in [-0.3, -0.25) is 0 Å². The van der Waals surface area contributed by atoms with Crippen LogP contribution in [0.1, 0.15) is 0 Å². The maximum Gasteiger partial charge on any atom is 0.222 e. The molecule has 0 unspecified atom stereocenters. The molecule has 0 fully saturated rings. The van der Waals surface area contributed by atoms with E-state index >= 15 is 0 Å². The van der Waals surface area contributed by atoms with Crippen LogP contribution in [0.25, 0.3) is 11.3 Å². The Morgan fingerprint density at radius 3 is 2.47 bits per heavy atom. The summed E-state index contributed by atoms with van der Waals surface area (Å²) < 4.78 is 16.7. The van der Waals surface area contributed by atoms with Crippen molar-refractivity contribution in [3.05, 3.63) is 22.7 Å². The van der Waals surface area contributed by atoms with Crippen molar-refractivity contribution in [3.8, 4) is 22.8 Å². The Morgan fingerprint density at radius 1 is 1.12 bits per heavy atom. The van der Waals surface area contributed by atoms with Gasteiger partial charge in [-0.2, -0.15) is 0 Å². The first-order valence-electron chi connectivity index (χ1n) is 5.06. The average Bonchev–Trinajstić information content (AvgIpc) is 2.75. The molecule has 2 heterocycles. The number of hydrogen-bond donors (Lipinski definition) is 1. The average molecular weight is 297 g/mol. The molecule has 1 aromatic carbocycles. The Morgan fingerprint density at radius 2 is 1.82 bits per heavy atom. The molecule has 2 N–H and O–H groups in total. The van der Waals surface area contributed by atoms with Crippen LogP contribution in [0.3, 0.4) is 0 Å². The molecule has 1 aliphatic heterocycles. The lowest BCUT2D eigenvalue weighted by molar-refractivity contribution is 0.171. The Balaban J connectivity index is 2.11. The van der Waals surface area contributed by atoms with E-state index in [0.29, 0.717) is 24.7 Å². The van der Waals surface area contributed by atoms with Crippen LogP contribution >= 0.6 is 15.9 Å². The maximum absolute atomic E-state index is 5.51. The number of benzene rings is 1. The highest BCUT2D eigenvalue weighted by molar-refractivity contribution is 9.10. The highest BCUT2D eigenvalue weighted by Crippen LogP contribution is 2.39. The van der Waals surface area contributed by atoms with Crippen molar-refractivity contribution in [1.29, 1.82) is 0 Å². The van der Waals surface area contributed by atoms with E-state index in [0.717, 1.165) is 15.8 Å². The summed E-state index contributed by atoms with van der Waals surface area (Å²) in [4.78, 5) is 0. The number of anilines is 1. The first kappa shape index (κ1) is 10.5. The molecule has 17 heavy (non-hydrogen) atoms. The molecule has 6 heteroatoms. The summed E-state index contributed by atoms with van der Waals surface area (Å²) in [5.74, 6) is 1.71. The lowest BCUT2D eigenvalue weighted by atomic mass is 10.1. The third-order valence-corrected chi connectivity index (χ3v) is 3.09. The first-order valence-corrected chi connectivity index (χ1v) is 5.85. The van der Waals surface area contributed by atoms with Crippen LogP contribution in [0, 0.1) is 0 Å². The van der Waals surface area contributed by atoms with Gasteiger partial charge in [0.05, 0.1) is 0 Å². The number of nitrogens with zero attached hydrogens (tertiary/aromatic N) is 1. The summed E-state index contributed by atoms with van der Waals surface area (Å²) >= 11 is 3.46. The van der Waals surface area contributed by atoms with E-state index in [1.54, 1.807) is 6.07 Å². The first-order chi connectivity index (χ1) is 8.24. The van der Waals surface area contributed by atoms with Crippen LogP contribution in [0.5, 0.6) is 11.5 Å². The molecule has 1 aromatic heterocycles. The summed E-state index contributed by atoms with van der Waals surface area (Å²) in [5, 5.41) is 3.87. The summed E-state index contributed by atoms with van der Waals surface area (Å²) in [7, 11) is 0. The van der Waals surface area contributed by atoms with Crippen LogP contribution in [-0.2, 0) is 0 Å². The molecule has 0 bridgehead atoms. The van der Waals surface area contributed by atoms with Gasteiger partial charge in [-0.05, 0) is 28.1 Å². The van der Waals surface area contributed by atoms with Crippen LogP contribution < -0.4 is 15.2 Å². The summed E-state index contributed by atoms with van der Waals surface area (Å²) in [6, 6.07) is 5.38. The molecule has 0 saturated carbocycles. The largest absolute Gasteiger partial charge is 0.486 e. The number of hydrogen-bond acceptors (Lipinski definition) is 5. The summed E-state index contributed by atoms with van der Waals surface area (Å²) in [5.41, 5.74) is 7.02. The zero-order chi connectivity index (χ0) is 11.8. The van der Waals surface area contributed by atoms with E-state index in [-0.39, 0.29) is 5.88 Å². The number of aromatic nitrogens is 1. The minimum atomic E-state index is 0.279. The van der Waals surface area contributed by atoms with Gasteiger partial charge in [-0.15, -0.1) is 0 Å². The number of nitrogens with two attached hydrogens (primary N) is 1. The second kappa shape index (κ2) is 3.96. The SMILES string of the molecule is Nc1cc(-c2cc3c(cc2Br)OCCO3)no1. The Hall–Kier alpha value is -1.69. The molecule has 2 aromatic rings. The molecular formula is C11H9BrN2O3. The number of halogens is 1. The van der Waals surface area contributed by atoms with Gasteiger partial charge in [0.1, 0.15) is 18.9 Å². The molecule has 5 nitrogen and oxygen atoms in total. The second-order valence-electron chi connectivity index (χ2n) is 3.59. The van der Waals surface area contributed by atoms with Crippen molar-refractivity contribution in [2.45, 2.75) is 0 Å². The molecule has 3 rings (SSSR count). The lowest BCUT2D eigenvalue weighted by Gasteiger charge is -2.19. The van der Waals surface area contributed by atoms with E-state index in [1.165, 1.54) is 0 Å². The van der Waals surface area contributed by atoms with Crippen LogP contribution in [0.2, 0.25) is 0 Å². The molecule has 0 radical (unpaired) electrons. The highest BCUT2D eigenvalue weighted by atomic mass is 79.9. The molecule has 88 valence electrons. The molecule has 0 aliphatic carbocycles. The molecule has 0 saturated heterocycles. The fraction of sp³-hybridized carbons (Fsp3) is 0.182. The quantitative estimate of drug-likeness (QED) is 0.875. The van der Waals surface area contributed by atoms with Gasteiger partial charge in [0, 0.05) is 16.1 Å². The van der Waals surface area contributed by atoms with E-state index in [2.05, 4.69) is 21.1 Å². The van der Waals surface area contributed by atoms with E-state index < -0.39 is 0 Å². The Labute approximate surface area is 106 Å². The monoisotopic (exact) mass is 296 g/mol. The van der Waals surface area contributed by atoms with Gasteiger partial charge >= 0.3 is 0 Å². The van der Waals surface area contributed by atoms with Gasteiger partial charge in [-0.25, -0.2) is 0 Å². The topological polar surface area (TPSA) is 70.5 Å². The van der Waals surface area contributed by atoms with Crippen molar-refractivity contribution in [2.75, 3.05) is 18.9 Å². The van der Waals surface area contributed by atoms with Gasteiger partial charge < -0.3 is 19.7 Å². The third-order valence-electron chi connectivity index (χ3n) is 2.44. The molecule has 1 aliphatic rings. The number of ether oxygens (including phenoxy) is 2. The lowest BCUT2D eigenvalue weighted by Crippen LogP contribution is -2.15. The molecular weight excluding hydrogens is 288 g/mol. The van der Waals surface area contributed by atoms with Crippen LogP contribution in [0.15, 0.2) is 27.2 Å². The van der Waals surface area contributed by atoms with Gasteiger partial charge in [-0.1, -0.05) is 5.16 Å². The third kappa shape index (κ3) is 1.84. The molecule has 0 spiro atoms. The Bertz CT molecular complexity index is 568. The van der Waals surface area contributed by atoms with Crippen molar-refractivity contribution in [3.63, 3.8) is 0 Å². The standard InChI is InChI=1S/C11H9BrN2O3/c12-7-4-10-9(15-1-2-16-10)3-6(7)8-5-11(13)17-14-8/h3-5H,1-2,13H2. The van der Waals surface area contributed by atoms with Crippen molar-refractivity contribution in [2.24, 2.45) is 0 Å². The van der Waals surface area contributed by atoms with Crippen LogP contribution in [0.4, 0.5) is 5.88 Å². The minimum Gasteiger partial charge on any atom is -0.486 e. The number of nitrogen functional groups attached to an aromatic ring is 1.